The van der Waals surface area contributed by atoms with Gasteiger partial charge in [0.05, 0.1) is 6.61 Å². The molecule has 0 unspecified atom stereocenters. The van der Waals surface area contributed by atoms with Gasteiger partial charge in [0, 0.05) is 62.8 Å². The summed E-state index contributed by atoms with van der Waals surface area (Å²) in [5, 5.41) is 10.1. The van der Waals surface area contributed by atoms with Gasteiger partial charge in [-0.25, -0.2) is 0 Å². The second-order valence-corrected chi connectivity index (χ2v) is 11.4. The van der Waals surface area contributed by atoms with Crippen molar-refractivity contribution in [3.63, 3.8) is 0 Å². The van der Waals surface area contributed by atoms with Crippen molar-refractivity contribution in [2.75, 3.05) is 46.9 Å². The number of rotatable bonds is 7. The molecule has 136 valence electrons. The van der Waals surface area contributed by atoms with E-state index >= 15 is 0 Å². The van der Waals surface area contributed by atoms with Gasteiger partial charge in [0.2, 0.25) is 0 Å². The van der Waals surface area contributed by atoms with Crippen molar-refractivity contribution in [3.05, 3.63) is 0 Å². The van der Waals surface area contributed by atoms with Gasteiger partial charge >= 0.3 is 51.4 Å². The summed E-state index contributed by atoms with van der Waals surface area (Å²) in [5.74, 6) is 8.27. The summed E-state index contributed by atoms with van der Waals surface area (Å²) in [6.07, 6.45) is 0. The zero-order valence-electron chi connectivity index (χ0n) is 14.5. The first kappa shape index (κ1) is 29.1. The van der Waals surface area contributed by atoms with Gasteiger partial charge in [0.25, 0.3) is 0 Å². The molecule has 0 radical (unpaired) electrons. The third kappa shape index (κ3) is 21.2. The molecule has 2 fully saturated rings. The standard InChI is InChI=1S/C7H12OS3.C5H10OS2.C2H4OS.K/c1-6(8)10-2-3-11-7-4-9-5-7;6-1-2-8-5-3-7-4-5;1-2(3)4;/h7H,2-5H2,1H3;5-6H,1-4H2;1H3,(H,3,4);/q;;;+1/p-1. The molecule has 0 amide bonds. The zero-order chi connectivity index (χ0) is 17.5. The number of aliphatic hydroxyl groups excluding tert-OH is 1. The number of hydrogen-bond acceptors (Lipinski definition) is 9. The summed E-state index contributed by atoms with van der Waals surface area (Å²) in [4.78, 5) is 19.8. The minimum atomic E-state index is -0.250. The molecule has 2 aliphatic rings. The maximum Gasteiger partial charge on any atom is 1.00 e. The van der Waals surface area contributed by atoms with Crippen LogP contribution in [0.2, 0.25) is 0 Å². The summed E-state index contributed by atoms with van der Waals surface area (Å²) in [5.41, 5.74) is 0. The molecular weight excluding hydrogens is 448 g/mol. The Morgan fingerprint density at radius 2 is 1.42 bits per heavy atom. The first-order chi connectivity index (χ1) is 11.0. The molecule has 0 aromatic carbocycles. The van der Waals surface area contributed by atoms with E-state index in [4.69, 9.17) is 5.11 Å². The Morgan fingerprint density at radius 3 is 1.71 bits per heavy atom. The predicted molar refractivity (Wildman–Crippen MR) is 115 cm³/mol. The number of carbonyl (C=O) groups excluding carboxylic acids is 2. The van der Waals surface area contributed by atoms with Crippen LogP contribution in [0.25, 0.3) is 0 Å². The van der Waals surface area contributed by atoms with E-state index in [-0.39, 0.29) is 61.6 Å². The summed E-state index contributed by atoms with van der Waals surface area (Å²) < 4.78 is 0. The van der Waals surface area contributed by atoms with Crippen molar-refractivity contribution in [3.8, 4) is 0 Å². The average Bonchev–Trinajstić information content (AvgIpc) is 2.34. The van der Waals surface area contributed by atoms with Gasteiger partial charge in [0.15, 0.2) is 5.12 Å². The first-order valence-corrected chi connectivity index (χ1v) is 13.1. The van der Waals surface area contributed by atoms with Gasteiger partial charge < -0.3 is 22.5 Å². The normalized spacial score (nSPS) is 16.1. The second kappa shape index (κ2) is 20.6. The Bertz CT molecular complexity index is 324. The summed E-state index contributed by atoms with van der Waals surface area (Å²) in [6, 6.07) is 0. The maximum absolute atomic E-state index is 10.5. The maximum atomic E-state index is 10.5. The molecule has 0 aliphatic carbocycles. The van der Waals surface area contributed by atoms with Crippen LogP contribution in [0.5, 0.6) is 0 Å². The Hall–Kier alpha value is 2.91. The van der Waals surface area contributed by atoms with Crippen molar-refractivity contribution in [2.45, 2.75) is 24.3 Å². The summed E-state index contributed by atoms with van der Waals surface area (Å²) >= 11 is 13.3. The molecule has 0 bridgehead atoms. The van der Waals surface area contributed by atoms with E-state index in [2.05, 4.69) is 12.6 Å². The van der Waals surface area contributed by atoms with Crippen molar-refractivity contribution in [1.29, 1.82) is 0 Å². The van der Waals surface area contributed by atoms with Gasteiger partial charge in [-0.3, -0.25) is 4.79 Å². The number of thioether (sulfide) groups is 5. The Kier molecular flexibility index (Phi) is 25.0. The summed E-state index contributed by atoms with van der Waals surface area (Å²) in [7, 11) is 0. The molecular formula is C14H25KO3S6. The summed E-state index contributed by atoms with van der Waals surface area (Å²) in [6.45, 7) is 3.32. The molecule has 0 aromatic heterocycles. The number of carbonyl (C=O) groups is 2. The largest absolute Gasteiger partial charge is 1.00 e. The van der Waals surface area contributed by atoms with E-state index < -0.39 is 0 Å². The van der Waals surface area contributed by atoms with Crippen molar-refractivity contribution < 1.29 is 66.1 Å². The SMILES string of the molecule is CC(=O)SCCSC1CSC1.CC(=O)[S-].OCCSC1CSC1.[K+]. The van der Waals surface area contributed by atoms with Crippen LogP contribution in [0, 0.1) is 0 Å². The van der Waals surface area contributed by atoms with E-state index in [9.17, 15) is 9.59 Å². The fourth-order valence-electron chi connectivity index (χ4n) is 1.24. The molecule has 2 rings (SSSR count). The monoisotopic (exact) mass is 472 g/mol. The molecule has 0 aromatic rings. The molecule has 0 atom stereocenters. The molecule has 2 aliphatic heterocycles. The second-order valence-electron chi connectivity index (χ2n) is 4.62. The molecule has 10 heteroatoms. The van der Waals surface area contributed by atoms with E-state index in [0.29, 0.717) is 6.61 Å². The van der Waals surface area contributed by atoms with Crippen LogP contribution >= 0.6 is 58.8 Å². The topological polar surface area (TPSA) is 54.4 Å². The van der Waals surface area contributed by atoms with E-state index in [1.165, 1.54) is 41.7 Å². The van der Waals surface area contributed by atoms with Crippen LogP contribution < -0.4 is 51.4 Å². The fraction of sp³-hybridized carbons (Fsp3) is 0.857. The predicted octanol–water partition coefficient (Wildman–Crippen LogP) is 0.0258. The van der Waals surface area contributed by atoms with Crippen LogP contribution in [-0.2, 0) is 22.2 Å². The smallest absolute Gasteiger partial charge is 0.742 e. The van der Waals surface area contributed by atoms with E-state index in [0.717, 1.165) is 27.8 Å². The quantitative estimate of drug-likeness (QED) is 0.314. The average molecular weight is 473 g/mol. The molecule has 2 saturated heterocycles. The van der Waals surface area contributed by atoms with Crippen LogP contribution in [0.3, 0.4) is 0 Å². The minimum Gasteiger partial charge on any atom is -0.742 e. The van der Waals surface area contributed by atoms with Gasteiger partial charge in [-0.15, -0.1) is 0 Å². The fourth-order valence-corrected chi connectivity index (χ4v) is 6.57. The Morgan fingerprint density at radius 1 is 1.00 bits per heavy atom. The third-order valence-electron chi connectivity index (χ3n) is 2.40. The van der Waals surface area contributed by atoms with Gasteiger partial charge in [0.1, 0.15) is 0 Å². The Labute approximate surface area is 215 Å². The van der Waals surface area contributed by atoms with E-state index in [1.807, 2.05) is 47.0 Å². The van der Waals surface area contributed by atoms with Gasteiger partial charge in [-0.05, 0) is 6.92 Å². The van der Waals surface area contributed by atoms with Gasteiger partial charge in [-0.1, -0.05) is 11.8 Å². The van der Waals surface area contributed by atoms with Crippen LogP contribution in [-0.4, -0.2) is 72.7 Å². The van der Waals surface area contributed by atoms with Crippen LogP contribution in [0.4, 0.5) is 0 Å². The molecule has 2 heterocycles. The van der Waals surface area contributed by atoms with Crippen LogP contribution in [0.1, 0.15) is 13.8 Å². The van der Waals surface area contributed by atoms with Crippen molar-refractivity contribution in [1.82, 2.24) is 0 Å². The molecule has 3 nitrogen and oxygen atoms in total. The number of hydrogen-bond donors (Lipinski definition) is 1. The minimum absolute atomic E-state index is 0. The molecule has 0 saturated carbocycles. The molecule has 24 heavy (non-hydrogen) atoms. The zero-order valence-corrected chi connectivity index (χ0v) is 22.5. The first-order valence-electron chi connectivity index (χ1n) is 7.26. The van der Waals surface area contributed by atoms with Gasteiger partial charge in [-0.2, -0.15) is 47.0 Å². The van der Waals surface area contributed by atoms with Crippen LogP contribution in [0.15, 0.2) is 0 Å². The third-order valence-corrected chi connectivity index (χ3v) is 9.34. The molecule has 1 N–H and O–H groups in total. The van der Waals surface area contributed by atoms with Crippen molar-refractivity contribution in [2.24, 2.45) is 0 Å². The Balaban J connectivity index is 0. The van der Waals surface area contributed by atoms with E-state index in [1.54, 1.807) is 6.92 Å². The van der Waals surface area contributed by atoms with Crippen molar-refractivity contribution >= 4 is 81.7 Å². The molecule has 0 spiro atoms. The number of aliphatic hydroxyl groups is 1.